The van der Waals surface area contributed by atoms with Crippen LogP contribution in [0.25, 0.3) is 0 Å². The van der Waals surface area contributed by atoms with E-state index in [-0.39, 0.29) is 5.75 Å². The molecule has 0 radical (unpaired) electrons. The Morgan fingerprint density at radius 2 is 1.89 bits per heavy atom. The molecule has 2 aromatic rings. The summed E-state index contributed by atoms with van der Waals surface area (Å²) >= 11 is 5.81. The van der Waals surface area contributed by atoms with Gasteiger partial charge < -0.3 is 9.84 Å². The lowest BCUT2D eigenvalue weighted by atomic mass is 10.2. The summed E-state index contributed by atoms with van der Waals surface area (Å²) in [6.45, 7) is 0.409. The zero-order valence-corrected chi connectivity index (χ0v) is 11.1. The third-order valence-electron chi connectivity index (χ3n) is 2.52. The Morgan fingerprint density at radius 3 is 2.53 bits per heavy atom. The van der Waals surface area contributed by atoms with Crippen molar-refractivity contribution in [2.75, 3.05) is 7.11 Å². The van der Waals surface area contributed by atoms with Gasteiger partial charge in [0.15, 0.2) is 0 Å². The number of halogens is 1. The largest absolute Gasteiger partial charge is 0.506 e. The van der Waals surface area contributed by atoms with Crippen molar-refractivity contribution in [1.29, 1.82) is 0 Å². The first-order chi connectivity index (χ1) is 9.19. The summed E-state index contributed by atoms with van der Waals surface area (Å²) in [5.74, 6) is 0.849. The van der Waals surface area contributed by atoms with Gasteiger partial charge in [-0.1, -0.05) is 17.7 Å². The molecule has 0 heterocycles. The number of methoxy groups -OCH3 is 1. The van der Waals surface area contributed by atoms with Gasteiger partial charge in [0.05, 0.1) is 24.4 Å². The molecule has 0 fully saturated rings. The maximum atomic E-state index is 9.30. The molecule has 0 saturated carbocycles. The maximum Gasteiger partial charge on any atom is 0.134 e. The summed E-state index contributed by atoms with van der Waals surface area (Å²) in [7, 11) is 1.62. The van der Waals surface area contributed by atoms with E-state index in [4.69, 9.17) is 16.3 Å². The monoisotopic (exact) mass is 276 g/mol. The van der Waals surface area contributed by atoms with Gasteiger partial charge in [-0.2, -0.15) is 10.2 Å². The van der Waals surface area contributed by atoms with Gasteiger partial charge in [-0.05, 0) is 42.0 Å². The molecule has 0 bridgehead atoms. The third kappa shape index (κ3) is 3.69. The molecular weight excluding hydrogens is 264 g/mol. The molecule has 0 aliphatic rings. The van der Waals surface area contributed by atoms with Crippen LogP contribution in [-0.4, -0.2) is 12.2 Å². The van der Waals surface area contributed by atoms with E-state index in [1.807, 2.05) is 24.3 Å². The first-order valence-corrected chi connectivity index (χ1v) is 6.06. The molecule has 98 valence electrons. The highest BCUT2D eigenvalue weighted by molar-refractivity contribution is 6.32. The quantitative estimate of drug-likeness (QED) is 0.845. The van der Waals surface area contributed by atoms with Crippen LogP contribution in [0.3, 0.4) is 0 Å². The van der Waals surface area contributed by atoms with Crippen molar-refractivity contribution in [2.24, 2.45) is 10.2 Å². The van der Waals surface area contributed by atoms with Gasteiger partial charge in [0, 0.05) is 0 Å². The lowest BCUT2D eigenvalue weighted by molar-refractivity contribution is 0.415. The summed E-state index contributed by atoms with van der Waals surface area (Å²) in [6, 6.07) is 12.3. The summed E-state index contributed by atoms with van der Waals surface area (Å²) in [5, 5.41) is 17.8. The van der Waals surface area contributed by atoms with Gasteiger partial charge in [-0.3, -0.25) is 0 Å². The molecule has 0 aliphatic carbocycles. The third-order valence-corrected chi connectivity index (χ3v) is 2.83. The predicted molar refractivity (Wildman–Crippen MR) is 74.3 cm³/mol. The second-order valence-electron chi connectivity index (χ2n) is 3.88. The van der Waals surface area contributed by atoms with Crippen LogP contribution in [0.15, 0.2) is 52.7 Å². The molecule has 5 heteroatoms. The highest BCUT2D eigenvalue weighted by Gasteiger charge is 1.99. The molecule has 0 saturated heterocycles. The molecule has 19 heavy (non-hydrogen) atoms. The van der Waals surface area contributed by atoms with Crippen LogP contribution in [-0.2, 0) is 6.54 Å². The predicted octanol–water partition coefficient (Wildman–Crippen LogP) is 4.34. The summed E-state index contributed by atoms with van der Waals surface area (Å²) in [4.78, 5) is 0. The van der Waals surface area contributed by atoms with Gasteiger partial charge >= 0.3 is 0 Å². The minimum atomic E-state index is 0.0671. The van der Waals surface area contributed by atoms with Crippen molar-refractivity contribution in [3.63, 3.8) is 0 Å². The Labute approximate surface area is 116 Å². The maximum absolute atomic E-state index is 9.30. The molecule has 0 unspecified atom stereocenters. The summed E-state index contributed by atoms with van der Waals surface area (Å²) in [6.07, 6.45) is 0. The van der Waals surface area contributed by atoms with E-state index in [9.17, 15) is 5.11 Å². The standard InChI is InChI=1S/C14H13ClN2O2/c1-19-12-5-3-11(4-6-12)17-16-9-10-2-7-14(18)13(15)8-10/h2-8,18H,9H2,1H3. The number of ether oxygens (including phenoxy) is 1. The molecule has 4 nitrogen and oxygen atoms in total. The molecule has 1 N–H and O–H groups in total. The highest BCUT2D eigenvalue weighted by Crippen LogP contribution is 2.24. The van der Waals surface area contributed by atoms with E-state index in [0.29, 0.717) is 11.6 Å². The second kappa shape index (κ2) is 6.20. The Balaban J connectivity index is 2.00. The molecule has 0 aliphatic heterocycles. The second-order valence-corrected chi connectivity index (χ2v) is 4.29. The van der Waals surface area contributed by atoms with Gasteiger partial charge in [0.25, 0.3) is 0 Å². The van der Waals surface area contributed by atoms with Crippen molar-refractivity contribution in [1.82, 2.24) is 0 Å². The number of benzene rings is 2. The van der Waals surface area contributed by atoms with E-state index >= 15 is 0 Å². The molecule has 0 amide bonds. The van der Waals surface area contributed by atoms with Gasteiger partial charge in [0.2, 0.25) is 0 Å². The van der Waals surface area contributed by atoms with Crippen LogP contribution in [0.4, 0.5) is 5.69 Å². The van der Waals surface area contributed by atoms with Crippen molar-refractivity contribution >= 4 is 17.3 Å². The number of nitrogens with zero attached hydrogens (tertiary/aromatic N) is 2. The smallest absolute Gasteiger partial charge is 0.134 e. The number of phenolic OH excluding ortho intramolecular Hbond substituents is 1. The van der Waals surface area contributed by atoms with Crippen LogP contribution in [0, 0.1) is 0 Å². The average molecular weight is 277 g/mol. The Kier molecular flexibility index (Phi) is 4.36. The van der Waals surface area contributed by atoms with E-state index in [2.05, 4.69) is 10.2 Å². The fourth-order valence-corrected chi connectivity index (χ4v) is 1.70. The number of rotatable bonds is 4. The van der Waals surface area contributed by atoms with E-state index in [0.717, 1.165) is 17.0 Å². The number of phenols is 1. The summed E-state index contributed by atoms with van der Waals surface area (Å²) < 4.78 is 5.06. The normalized spacial score (nSPS) is 10.8. The molecular formula is C14H13ClN2O2. The van der Waals surface area contributed by atoms with Gasteiger partial charge in [-0.15, -0.1) is 0 Å². The van der Waals surface area contributed by atoms with E-state index in [1.54, 1.807) is 25.3 Å². The number of hydrogen-bond acceptors (Lipinski definition) is 4. The van der Waals surface area contributed by atoms with Crippen molar-refractivity contribution in [2.45, 2.75) is 6.54 Å². The minimum absolute atomic E-state index is 0.0671. The molecule has 2 aromatic carbocycles. The minimum Gasteiger partial charge on any atom is -0.506 e. The number of hydrogen-bond donors (Lipinski definition) is 1. The molecule has 0 atom stereocenters. The fraction of sp³-hybridized carbons (Fsp3) is 0.143. The van der Waals surface area contributed by atoms with Crippen molar-refractivity contribution in [3.8, 4) is 11.5 Å². The van der Waals surface area contributed by atoms with Crippen LogP contribution in [0.2, 0.25) is 5.02 Å². The Bertz CT molecular complexity index is 582. The first kappa shape index (κ1) is 13.4. The van der Waals surface area contributed by atoms with E-state index in [1.165, 1.54) is 0 Å². The Hall–Kier alpha value is -2.07. The van der Waals surface area contributed by atoms with Crippen LogP contribution in [0.1, 0.15) is 5.56 Å². The topological polar surface area (TPSA) is 54.2 Å². The number of azo groups is 1. The van der Waals surface area contributed by atoms with Gasteiger partial charge in [0.1, 0.15) is 11.5 Å². The van der Waals surface area contributed by atoms with Crippen LogP contribution < -0.4 is 4.74 Å². The fourth-order valence-electron chi connectivity index (χ4n) is 1.50. The lowest BCUT2D eigenvalue weighted by Gasteiger charge is -2.00. The molecule has 0 aromatic heterocycles. The van der Waals surface area contributed by atoms with Crippen LogP contribution >= 0.6 is 11.6 Å². The van der Waals surface area contributed by atoms with Gasteiger partial charge in [-0.25, -0.2) is 0 Å². The lowest BCUT2D eigenvalue weighted by Crippen LogP contribution is -1.81. The highest BCUT2D eigenvalue weighted by atomic mass is 35.5. The molecule has 0 spiro atoms. The zero-order chi connectivity index (χ0) is 13.7. The van der Waals surface area contributed by atoms with E-state index < -0.39 is 0 Å². The van der Waals surface area contributed by atoms with Crippen molar-refractivity contribution < 1.29 is 9.84 Å². The first-order valence-electron chi connectivity index (χ1n) is 5.68. The SMILES string of the molecule is COc1ccc(N=NCc2ccc(O)c(Cl)c2)cc1. The average Bonchev–Trinajstić information content (AvgIpc) is 2.43. The number of aromatic hydroxyl groups is 1. The molecule has 2 rings (SSSR count). The summed E-state index contributed by atoms with van der Waals surface area (Å²) in [5.41, 5.74) is 1.64. The van der Waals surface area contributed by atoms with Crippen LogP contribution in [0.5, 0.6) is 11.5 Å². The Morgan fingerprint density at radius 1 is 1.16 bits per heavy atom. The van der Waals surface area contributed by atoms with Crippen molar-refractivity contribution in [3.05, 3.63) is 53.1 Å². The zero-order valence-electron chi connectivity index (χ0n) is 10.4.